The second-order valence-electron chi connectivity index (χ2n) is 7.44. The summed E-state index contributed by atoms with van der Waals surface area (Å²) in [6.45, 7) is 4.04. The van der Waals surface area contributed by atoms with Gasteiger partial charge in [0, 0.05) is 5.92 Å². The normalized spacial score (nSPS) is 19.2. The molecule has 1 aliphatic heterocycles. The molecule has 1 unspecified atom stereocenters. The fourth-order valence-electron chi connectivity index (χ4n) is 3.48. The molecule has 2 aromatic rings. The predicted octanol–water partition coefficient (Wildman–Crippen LogP) is 4.42. The van der Waals surface area contributed by atoms with E-state index in [4.69, 9.17) is 4.74 Å². The predicted molar refractivity (Wildman–Crippen MR) is 100 cm³/mol. The molecule has 1 aromatic carbocycles. The van der Waals surface area contributed by atoms with Crippen LogP contribution in [0.2, 0.25) is 0 Å². The molecular weight excluding hydrogens is 383 g/mol. The minimum absolute atomic E-state index is 0.0633. The Bertz CT molecular complexity index is 1000. The van der Waals surface area contributed by atoms with Crippen molar-refractivity contribution >= 4 is 5.91 Å². The van der Waals surface area contributed by atoms with Crippen LogP contribution in [0, 0.1) is 0 Å². The van der Waals surface area contributed by atoms with Crippen molar-refractivity contribution in [2.45, 2.75) is 38.3 Å². The molecule has 5 nitrogen and oxygen atoms in total. The van der Waals surface area contributed by atoms with Crippen molar-refractivity contribution in [2.24, 2.45) is 0 Å². The number of nitrogens with zero attached hydrogens (tertiary/aromatic N) is 2. The maximum atomic E-state index is 13.4. The first-order chi connectivity index (χ1) is 13.7. The Morgan fingerprint density at radius 3 is 2.62 bits per heavy atom. The number of benzene rings is 1. The number of rotatable bonds is 3. The number of morpholine rings is 1. The van der Waals surface area contributed by atoms with Crippen LogP contribution >= 0.6 is 0 Å². The van der Waals surface area contributed by atoms with Gasteiger partial charge in [-0.1, -0.05) is 26.0 Å². The Morgan fingerprint density at radius 1 is 1.24 bits per heavy atom. The van der Waals surface area contributed by atoms with E-state index >= 15 is 0 Å². The number of ether oxygens (including phenoxy) is 1. The third-order valence-electron chi connectivity index (χ3n) is 5.03. The maximum Gasteiger partial charge on any atom is 0.435 e. The van der Waals surface area contributed by atoms with Gasteiger partial charge in [0.25, 0.3) is 5.91 Å². The molecular formula is C21H20F3N3O2. The number of fused-ring (bicyclic) bond motifs is 1. The molecule has 1 saturated heterocycles. The molecule has 0 radical (unpaired) electrons. The van der Waals surface area contributed by atoms with E-state index in [9.17, 15) is 18.0 Å². The third kappa shape index (κ3) is 3.79. The summed E-state index contributed by atoms with van der Waals surface area (Å²) in [4.78, 5) is 11.6. The highest BCUT2D eigenvalue weighted by Crippen LogP contribution is 2.36. The van der Waals surface area contributed by atoms with E-state index in [-0.39, 0.29) is 18.4 Å². The second kappa shape index (κ2) is 7.09. The fourth-order valence-corrected chi connectivity index (χ4v) is 3.48. The van der Waals surface area contributed by atoms with E-state index < -0.39 is 11.9 Å². The van der Waals surface area contributed by atoms with Crippen LogP contribution in [0.4, 0.5) is 13.2 Å². The minimum atomic E-state index is -4.55. The first kappa shape index (κ1) is 19.3. The highest BCUT2D eigenvalue weighted by atomic mass is 19.4. The van der Waals surface area contributed by atoms with Crippen LogP contribution in [0.1, 0.15) is 49.1 Å². The monoisotopic (exact) mass is 403 g/mol. The number of allylic oxidation sites excluding steroid dienone is 2. The van der Waals surface area contributed by atoms with Crippen molar-refractivity contribution in [3.05, 3.63) is 70.9 Å². The fraction of sp³-hybridized carbons (Fsp3) is 0.333. The van der Waals surface area contributed by atoms with Crippen LogP contribution in [0.15, 0.2) is 53.9 Å². The number of carbonyl (C=O) groups is 1. The second-order valence-corrected chi connectivity index (χ2v) is 7.44. The zero-order chi connectivity index (χ0) is 20.8. The van der Waals surface area contributed by atoms with Gasteiger partial charge in [0.1, 0.15) is 5.76 Å². The van der Waals surface area contributed by atoms with Gasteiger partial charge in [-0.25, -0.2) is 4.68 Å². The Labute approximate surface area is 165 Å². The Morgan fingerprint density at radius 2 is 1.97 bits per heavy atom. The van der Waals surface area contributed by atoms with E-state index in [0.29, 0.717) is 35.2 Å². The lowest BCUT2D eigenvalue weighted by Crippen LogP contribution is -2.35. The van der Waals surface area contributed by atoms with E-state index in [2.05, 4.69) is 24.3 Å². The van der Waals surface area contributed by atoms with Crippen LogP contribution in [-0.4, -0.2) is 22.3 Å². The van der Waals surface area contributed by atoms with Gasteiger partial charge in [-0.3, -0.25) is 4.79 Å². The molecule has 1 N–H and O–H groups in total. The van der Waals surface area contributed by atoms with E-state index in [0.717, 1.165) is 11.6 Å². The summed E-state index contributed by atoms with van der Waals surface area (Å²) in [5.74, 6) is 0.185. The van der Waals surface area contributed by atoms with Gasteiger partial charge >= 0.3 is 6.18 Å². The number of carbonyl (C=O) groups excluding carboxylic acids is 1. The molecule has 4 rings (SSSR count). The summed E-state index contributed by atoms with van der Waals surface area (Å²) in [6, 6.07) is 8.41. The summed E-state index contributed by atoms with van der Waals surface area (Å²) in [6.07, 6.45) is -0.598. The van der Waals surface area contributed by atoms with E-state index in [1.807, 2.05) is 12.1 Å². The lowest BCUT2D eigenvalue weighted by molar-refractivity contribution is -0.141. The molecule has 0 bridgehead atoms. The zero-order valence-electron chi connectivity index (χ0n) is 16.0. The molecule has 29 heavy (non-hydrogen) atoms. The molecule has 8 heteroatoms. The van der Waals surface area contributed by atoms with E-state index in [1.165, 1.54) is 4.68 Å². The van der Waals surface area contributed by atoms with Gasteiger partial charge in [0.2, 0.25) is 0 Å². The Hall–Kier alpha value is -3.03. The molecule has 1 aromatic heterocycles. The van der Waals surface area contributed by atoms with Crippen molar-refractivity contribution in [1.29, 1.82) is 0 Å². The molecule has 1 atom stereocenters. The quantitative estimate of drug-likeness (QED) is 0.826. The maximum absolute atomic E-state index is 13.4. The van der Waals surface area contributed by atoms with Crippen molar-refractivity contribution in [2.75, 3.05) is 6.61 Å². The van der Waals surface area contributed by atoms with Crippen LogP contribution in [0.5, 0.6) is 0 Å². The number of halogens is 3. The molecule has 2 heterocycles. The number of hydrogen-bond acceptors (Lipinski definition) is 3. The summed E-state index contributed by atoms with van der Waals surface area (Å²) >= 11 is 0. The highest BCUT2D eigenvalue weighted by molar-refractivity contribution is 5.81. The molecule has 1 fully saturated rings. The first-order valence-corrected chi connectivity index (χ1v) is 9.35. The number of aromatic nitrogens is 2. The average molecular weight is 403 g/mol. The molecule has 1 aliphatic carbocycles. The van der Waals surface area contributed by atoms with Crippen LogP contribution in [0.3, 0.4) is 0 Å². The lowest BCUT2D eigenvalue weighted by Gasteiger charge is -2.26. The van der Waals surface area contributed by atoms with Crippen LogP contribution in [-0.2, 0) is 15.7 Å². The van der Waals surface area contributed by atoms with Gasteiger partial charge < -0.3 is 10.1 Å². The number of hydrogen-bond donors (Lipinski definition) is 1. The summed E-state index contributed by atoms with van der Waals surface area (Å²) in [5, 5.41) is 6.55. The minimum Gasteiger partial charge on any atom is -0.482 e. The molecule has 0 spiro atoms. The van der Waals surface area contributed by atoms with Gasteiger partial charge in [-0.15, -0.1) is 0 Å². The summed E-state index contributed by atoms with van der Waals surface area (Å²) in [7, 11) is 0. The standard InChI is InChI=1S/C21H20F3N3O2/c1-12(2)13-3-6-15(7-4-13)27-17(10-19(26-27)21(22,23)24)14-5-8-18-16(9-14)25-20(28)11-29-18/h3-4,6-10,12,14H,5,11H2,1-2H3,(H,25,28). The van der Waals surface area contributed by atoms with Crippen LogP contribution < -0.4 is 5.32 Å². The van der Waals surface area contributed by atoms with Crippen molar-refractivity contribution in [3.63, 3.8) is 0 Å². The van der Waals surface area contributed by atoms with Gasteiger partial charge in [-0.05, 0) is 48.3 Å². The van der Waals surface area contributed by atoms with Gasteiger partial charge in [0.05, 0.1) is 17.1 Å². The highest BCUT2D eigenvalue weighted by Gasteiger charge is 2.36. The third-order valence-corrected chi connectivity index (χ3v) is 5.03. The molecule has 1 amide bonds. The molecule has 0 saturated carbocycles. The zero-order valence-corrected chi connectivity index (χ0v) is 16.0. The smallest absolute Gasteiger partial charge is 0.435 e. The van der Waals surface area contributed by atoms with Gasteiger partial charge in [0.15, 0.2) is 12.3 Å². The number of alkyl halides is 3. The first-order valence-electron chi connectivity index (χ1n) is 9.35. The van der Waals surface area contributed by atoms with Crippen LogP contribution in [0.25, 0.3) is 5.69 Å². The van der Waals surface area contributed by atoms with Crippen molar-refractivity contribution < 1.29 is 22.7 Å². The Kier molecular flexibility index (Phi) is 4.72. The SMILES string of the molecule is CC(C)c1ccc(-n2nc(C(F)(F)F)cc2C2C=C3NC(=O)COC3=CC2)cc1. The Balaban J connectivity index is 1.76. The average Bonchev–Trinajstić information content (AvgIpc) is 3.13. The van der Waals surface area contributed by atoms with E-state index in [1.54, 1.807) is 24.3 Å². The summed E-state index contributed by atoms with van der Waals surface area (Å²) < 4.78 is 46.8. The molecule has 2 aliphatic rings. The van der Waals surface area contributed by atoms with Crippen molar-refractivity contribution in [3.8, 4) is 5.69 Å². The summed E-state index contributed by atoms with van der Waals surface area (Å²) in [5.41, 5.74) is 1.58. The lowest BCUT2D eigenvalue weighted by atomic mass is 9.93. The molecule has 152 valence electrons. The number of amides is 1. The van der Waals surface area contributed by atoms with Gasteiger partial charge in [-0.2, -0.15) is 18.3 Å². The number of nitrogens with one attached hydrogen (secondary N) is 1. The van der Waals surface area contributed by atoms with Crippen molar-refractivity contribution in [1.82, 2.24) is 15.1 Å². The topological polar surface area (TPSA) is 56.2 Å². The largest absolute Gasteiger partial charge is 0.482 e.